The van der Waals surface area contributed by atoms with Gasteiger partial charge in [-0.25, -0.2) is 9.37 Å². The van der Waals surface area contributed by atoms with Gasteiger partial charge in [0.1, 0.15) is 11.6 Å². The summed E-state index contributed by atoms with van der Waals surface area (Å²) in [6.07, 6.45) is 2.15. The molecule has 0 aliphatic heterocycles. The van der Waals surface area contributed by atoms with Crippen LogP contribution in [-0.4, -0.2) is 11.5 Å². The van der Waals surface area contributed by atoms with Gasteiger partial charge in [-0.2, -0.15) is 0 Å². The smallest absolute Gasteiger partial charge is 0.128 e. The highest BCUT2D eigenvalue weighted by molar-refractivity contribution is 6.31. The van der Waals surface area contributed by atoms with E-state index in [1.165, 1.54) is 6.07 Å². The van der Waals surface area contributed by atoms with Crippen molar-refractivity contribution in [3.63, 3.8) is 0 Å². The summed E-state index contributed by atoms with van der Waals surface area (Å²) in [4.78, 5) is 4.18. The molecule has 0 saturated heterocycles. The molecule has 5 heteroatoms. The number of hydrogen-bond donors (Lipinski definition) is 2. The minimum Gasteiger partial charge on any atom is -0.383 e. The second-order valence-electron chi connectivity index (χ2n) is 5.00. The molecule has 1 aromatic heterocycles. The molecule has 0 aliphatic rings. The van der Waals surface area contributed by atoms with E-state index >= 15 is 0 Å². The lowest BCUT2D eigenvalue weighted by molar-refractivity contribution is 0.528. The second kappa shape index (κ2) is 6.87. The number of anilines is 1. The van der Waals surface area contributed by atoms with Gasteiger partial charge in [-0.05, 0) is 43.7 Å². The van der Waals surface area contributed by atoms with Gasteiger partial charge in [-0.3, -0.25) is 0 Å². The van der Waals surface area contributed by atoms with Gasteiger partial charge < -0.3 is 11.1 Å². The predicted octanol–water partition coefficient (Wildman–Crippen LogP) is 3.66. The fourth-order valence-corrected chi connectivity index (χ4v) is 2.59. The minimum atomic E-state index is -0.301. The maximum Gasteiger partial charge on any atom is 0.128 e. The molecule has 2 rings (SSSR count). The number of nitrogen functional groups attached to an aromatic ring is 1. The van der Waals surface area contributed by atoms with E-state index in [0.717, 1.165) is 17.7 Å². The lowest BCUT2D eigenvalue weighted by Crippen LogP contribution is -2.25. The average Bonchev–Trinajstić information content (AvgIpc) is 2.44. The Labute approximate surface area is 129 Å². The number of halogens is 2. The van der Waals surface area contributed by atoms with Crippen LogP contribution in [0.15, 0.2) is 30.5 Å². The normalized spacial score (nSPS) is 12.4. The number of pyridine rings is 1. The summed E-state index contributed by atoms with van der Waals surface area (Å²) in [5.41, 5.74) is 8.35. The molecule has 1 unspecified atom stereocenters. The maximum absolute atomic E-state index is 14.0. The maximum atomic E-state index is 14.0. The third-order valence-corrected chi connectivity index (χ3v) is 3.74. The van der Waals surface area contributed by atoms with Gasteiger partial charge in [0.15, 0.2) is 0 Å². The first-order chi connectivity index (χ1) is 10.0. The molecule has 0 aliphatic carbocycles. The van der Waals surface area contributed by atoms with E-state index in [1.54, 1.807) is 18.3 Å². The molecular weight excluding hydrogens is 289 g/mol. The first-order valence-corrected chi connectivity index (χ1v) is 7.29. The van der Waals surface area contributed by atoms with Crippen molar-refractivity contribution in [1.82, 2.24) is 10.3 Å². The Morgan fingerprint density at radius 3 is 2.86 bits per heavy atom. The third-order valence-electron chi connectivity index (χ3n) is 3.38. The molecule has 0 bridgehead atoms. The number of nitrogens with two attached hydrogens (primary N) is 1. The Hall–Kier alpha value is -1.65. The number of rotatable bonds is 5. The monoisotopic (exact) mass is 307 g/mol. The van der Waals surface area contributed by atoms with Crippen molar-refractivity contribution in [2.45, 2.75) is 26.3 Å². The molecule has 0 spiro atoms. The van der Waals surface area contributed by atoms with Crippen molar-refractivity contribution in [2.75, 3.05) is 12.3 Å². The largest absolute Gasteiger partial charge is 0.383 e. The van der Waals surface area contributed by atoms with E-state index < -0.39 is 0 Å². The van der Waals surface area contributed by atoms with Gasteiger partial charge in [-0.1, -0.05) is 24.6 Å². The molecule has 0 fully saturated rings. The van der Waals surface area contributed by atoms with Gasteiger partial charge in [0.05, 0.1) is 0 Å². The highest BCUT2D eigenvalue weighted by atomic mass is 35.5. The van der Waals surface area contributed by atoms with Gasteiger partial charge in [0.2, 0.25) is 0 Å². The van der Waals surface area contributed by atoms with Crippen LogP contribution < -0.4 is 11.1 Å². The molecule has 1 atom stereocenters. The Bertz CT molecular complexity index is 611. The van der Waals surface area contributed by atoms with Crippen molar-refractivity contribution in [2.24, 2.45) is 0 Å². The van der Waals surface area contributed by atoms with Crippen molar-refractivity contribution < 1.29 is 4.39 Å². The average molecular weight is 308 g/mol. The van der Waals surface area contributed by atoms with Crippen molar-refractivity contribution in [3.05, 3.63) is 58.0 Å². The first-order valence-electron chi connectivity index (χ1n) is 6.91. The van der Waals surface area contributed by atoms with E-state index in [4.69, 9.17) is 17.3 Å². The molecule has 1 heterocycles. The molecular formula is C16H19ClFN3. The SMILES string of the molecule is CCNC(Cc1c(F)cccc1Cl)c1cc(C)cnc1N. The standard InChI is InChI=1S/C16H19ClFN3/c1-3-20-15(12-7-10(2)9-21-16(12)19)8-11-13(17)5-4-6-14(11)18/h4-7,9,15,20H,3,8H2,1-2H3,(H2,19,21). The lowest BCUT2D eigenvalue weighted by Gasteiger charge is -2.21. The Morgan fingerprint density at radius 1 is 1.43 bits per heavy atom. The van der Waals surface area contributed by atoms with Crippen LogP contribution in [0.25, 0.3) is 0 Å². The number of likely N-dealkylation sites (N-methyl/N-ethyl adjacent to an activating group) is 1. The summed E-state index contributed by atoms with van der Waals surface area (Å²) in [6, 6.07) is 6.57. The molecule has 3 N–H and O–H groups in total. The molecule has 1 aromatic carbocycles. The zero-order chi connectivity index (χ0) is 15.4. The number of aromatic nitrogens is 1. The van der Waals surface area contributed by atoms with Gasteiger partial charge in [0.25, 0.3) is 0 Å². The predicted molar refractivity (Wildman–Crippen MR) is 84.9 cm³/mol. The second-order valence-corrected chi connectivity index (χ2v) is 5.41. The van der Waals surface area contributed by atoms with Crippen molar-refractivity contribution in [3.8, 4) is 0 Å². The molecule has 2 aromatic rings. The van der Waals surface area contributed by atoms with E-state index in [0.29, 0.717) is 22.8 Å². The molecule has 0 saturated carbocycles. The van der Waals surface area contributed by atoms with Crippen molar-refractivity contribution in [1.29, 1.82) is 0 Å². The zero-order valence-corrected chi connectivity index (χ0v) is 12.9. The van der Waals surface area contributed by atoms with E-state index in [9.17, 15) is 4.39 Å². The number of hydrogen-bond acceptors (Lipinski definition) is 3. The first kappa shape index (κ1) is 15.7. The topological polar surface area (TPSA) is 50.9 Å². The number of aryl methyl sites for hydroxylation is 1. The van der Waals surface area contributed by atoms with E-state index in [1.807, 2.05) is 19.9 Å². The molecule has 21 heavy (non-hydrogen) atoms. The summed E-state index contributed by atoms with van der Waals surface area (Å²) in [7, 11) is 0. The van der Waals surface area contributed by atoms with Crippen LogP contribution in [0.5, 0.6) is 0 Å². The summed E-state index contributed by atoms with van der Waals surface area (Å²) in [6.45, 7) is 4.69. The lowest BCUT2D eigenvalue weighted by atomic mass is 9.98. The quantitative estimate of drug-likeness (QED) is 0.886. The van der Waals surface area contributed by atoms with E-state index in [-0.39, 0.29) is 11.9 Å². The number of benzene rings is 1. The molecule has 0 radical (unpaired) electrons. The van der Waals surface area contributed by atoms with Crippen LogP contribution in [0.4, 0.5) is 10.2 Å². The molecule has 3 nitrogen and oxygen atoms in total. The third kappa shape index (κ3) is 3.71. The Morgan fingerprint density at radius 2 is 2.19 bits per heavy atom. The molecule has 0 amide bonds. The zero-order valence-electron chi connectivity index (χ0n) is 12.2. The van der Waals surface area contributed by atoms with Crippen LogP contribution in [-0.2, 0) is 6.42 Å². The number of nitrogens with zero attached hydrogens (tertiary/aromatic N) is 1. The van der Waals surface area contributed by atoms with Crippen LogP contribution in [0.1, 0.15) is 29.7 Å². The van der Waals surface area contributed by atoms with E-state index in [2.05, 4.69) is 10.3 Å². The van der Waals surface area contributed by atoms with Crippen molar-refractivity contribution >= 4 is 17.4 Å². The fourth-order valence-electron chi connectivity index (χ4n) is 2.35. The highest BCUT2D eigenvalue weighted by Gasteiger charge is 2.18. The van der Waals surface area contributed by atoms with Gasteiger partial charge in [0, 0.05) is 28.4 Å². The summed E-state index contributed by atoms with van der Waals surface area (Å²) >= 11 is 6.12. The summed E-state index contributed by atoms with van der Waals surface area (Å²) in [5, 5.41) is 3.75. The Kier molecular flexibility index (Phi) is 5.15. The van der Waals surface area contributed by atoms with Crippen LogP contribution in [0.2, 0.25) is 5.02 Å². The molecule has 112 valence electrons. The number of nitrogens with one attached hydrogen (secondary N) is 1. The van der Waals surface area contributed by atoms with Gasteiger partial charge >= 0.3 is 0 Å². The van der Waals surface area contributed by atoms with Crippen LogP contribution >= 0.6 is 11.6 Å². The highest BCUT2D eigenvalue weighted by Crippen LogP contribution is 2.28. The van der Waals surface area contributed by atoms with Gasteiger partial charge in [-0.15, -0.1) is 0 Å². The summed E-state index contributed by atoms with van der Waals surface area (Å²) < 4.78 is 14.0. The minimum absolute atomic E-state index is 0.128. The fraction of sp³-hybridized carbons (Fsp3) is 0.312. The van der Waals surface area contributed by atoms with Crippen LogP contribution in [0.3, 0.4) is 0 Å². The Balaban J connectivity index is 2.38. The summed E-state index contributed by atoms with van der Waals surface area (Å²) in [5.74, 6) is 0.156. The van der Waals surface area contributed by atoms with Crippen LogP contribution in [0, 0.1) is 12.7 Å².